The van der Waals surface area contributed by atoms with Crippen molar-refractivity contribution in [3.05, 3.63) is 11.6 Å². The summed E-state index contributed by atoms with van der Waals surface area (Å²) in [6.07, 6.45) is 7.59. The Hall–Kier alpha value is -1.45. The Balaban J connectivity index is 1.59. The molecular formula is C24H34O4. The van der Waals surface area contributed by atoms with Gasteiger partial charge in [-0.15, -0.1) is 0 Å². The maximum atomic E-state index is 13.2. The number of ether oxygens (including phenoxy) is 1. The van der Waals surface area contributed by atoms with E-state index >= 15 is 0 Å². The van der Waals surface area contributed by atoms with Gasteiger partial charge in [0.2, 0.25) is 0 Å². The molecule has 6 atom stereocenters. The molecule has 0 amide bonds. The van der Waals surface area contributed by atoms with Gasteiger partial charge in [0.05, 0.1) is 5.41 Å². The summed E-state index contributed by atoms with van der Waals surface area (Å²) < 4.78 is 5.78. The van der Waals surface area contributed by atoms with E-state index in [1.54, 1.807) is 0 Å². The lowest BCUT2D eigenvalue weighted by Gasteiger charge is -2.56. The first kappa shape index (κ1) is 19.8. The van der Waals surface area contributed by atoms with Crippen LogP contribution >= 0.6 is 0 Å². The molecule has 0 heterocycles. The van der Waals surface area contributed by atoms with Crippen LogP contribution in [0, 0.1) is 34.0 Å². The minimum absolute atomic E-state index is 0.00379. The molecular weight excluding hydrogens is 352 g/mol. The Kier molecular flexibility index (Phi) is 4.45. The Bertz CT molecular complexity index is 757. The van der Waals surface area contributed by atoms with Gasteiger partial charge < -0.3 is 4.74 Å². The maximum absolute atomic E-state index is 13.2. The fourth-order valence-electron chi connectivity index (χ4n) is 6.57. The lowest BCUT2D eigenvalue weighted by Crippen LogP contribution is -2.53. The smallest absolute Gasteiger partial charge is 0.311 e. The van der Waals surface area contributed by atoms with Crippen LogP contribution in [0.15, 0.2) is 11.6 Å². The molecule has 0 aromatic rings. The maximum Gasteiger partial charge on any atom is 0.311 e. The van der Waals surface area contributed by atoms with Gasteiger partial charge in [-0.25, -0.2) is 0 Å². The molecule has 0 aromatic heterocycles. The summed E-state index contributed by atoms with van der Waals surface area (Å²) in [4.78, 5) is 38.1. The quantitative estimate of drug-likeness (QED) is 0.615. The average molecular weight is 387 g/mol. The number of carbonyl (C=O) groups is 3. The molecule has 0 aliphatic heterocycles. The first-order valence-corrected chi connectivity index (χ1v) is 11.0. The summed E-state index contributed by atoms with van der Waals surface area (Å²) in [5.41, 5.74) is 0.365. The molecule has 0 aromatic carbocycles. The van der Waals surface area contributed by atoms with Crippen LogP contribution < -0.4 is 0 Å². The van der Waals surface area contributed by atoms with Crippen LogP contribution in [0.5, 0.6) is 0 Å². The van der Waals surface area contributed by atoms with Gasteiger partial charge in [0.25, 0.3) is 0 Å². The highest BCUT2D eigenvalue weighted by molar-refractivity contribution is 5.96. The molecule has 0 saturated heterocycles. The summed E-state index contributed by atoms with van der Waals surface area (Å²) >= 11 is 0. The van der Waals surface area contributed by atoms with Gasteiger partial charge in [-0.2, -0.15) is 0 Å². The topological polar surface area (TPSA) is 60.4 Å². The number of fused-ring (bicyclic) bond motifs is 5. The van der Waals surface area contributed by atoms with Crippen molar-refractivity contribution in [2.45, 2.75) is 85.7 Å². The third-order valence-corrected chi connectivity index (χ3v) is 8.50. The van der Waals surface area contributed by atoms with Crippen molar-refractivity contribution >= 4 is 17.5 Å². The molecule has 3 unspecified atom stereocenters. The highest BCUT2D eigenvalue weighted by Crippen LogP contribution is 2.63. The Morgan fingerprint density at radius 1 is 1.04 bits per heavy atom. The zero-order chi connectivity index (χ0) is 20.5. The fourth-order valence-corrected chi connectivity index (χ4v) is 6.57. The van der Waals surface area contributed by atoms with Crippen molar-refractivity contribution in [1.29, 1.82) is 0 Å². The summed E-state index contributed by atoms with van der Waals surface area (Å²) in [7, 11) is 0. The van der Waals surface area contributed by atoms with Crippen molar-refractivity contribution in [2.24, 2.45) is 34.0 Å². The summed E-state index contributed by atoms with van der Waals surface area (Å²) in [6, 6.07) is 0. The predicted molar refractivity (Wildman–Crippen MR) is 106 cm³/mol. The van der Waals surface area contributed by atoms with Gasteiger partial charge in [-0.05, 0) is 76.2 Å². The van der Waals surface area contributed by atoms with Gasteiger partial charge in [0.15, 0.2) is 5.78 Å². The van der Waals surface area contributed by atoms with Crippen LogP contribution in [-0.4, -0.2) is 23.6 Å². The number of hydrogen-bond acceptors (Lipinski definition) is 4. The monoisotopic (exact) mass is 386 g/mol. The number of Topliss-reactive ketones (excluding diaryl/α,β-unsaturated/α-hetero) is 1. The molecule has 3 fully saturated rings. The van der Waals surface area contributed by atoms with Crippen molar-refractivity contribution < 1.29 is 19.1 Å². The molecule has 3 saturated carbocycles. The Labute approximate surface area is 168 Å². The zero-order valence-electron chi connectivity index (χ0n) is 18.0. The normalized spacial score (nSPS) is 43.0. The van der Waals surface area contributed by atoms with Gasteiger partial charge in [-0.1, -0.05) is 19.4 Å². The van der Waals surface area contributed by atoms with Gasteiger partial charge in [0, 0.05) is 24.2 Å². The fraction of sp³-hybridized carbons (Fsp3) is 0.792. The number of hydrogen-bond donors (Lipinski definition) is 0. The number of esters is 1. The van der Waals surface area contributed by atoms with Crippen molar-refractivity contribution in [3.63, 3.8) is 0 Å². The van der Waals surface area contributed by atoms with Crippen molar-refractivity contribution in [1.82, 2.24) is 0 Å². The standard InChI is InChI=1S/C24H34O4/c1-22(2,3)21(27)28-15-8-10-23(4)14(12-15)13-18(25)20-16-6-7-19(26)24(16,5)11-9-17(20)23/h13,15-17,20H,6-12H2,1-5H3/t15-,16?,17?,20?,23-,24-/m0/s1. The summed E-state index contributed by atoms with van der Waals surface area (Å²) in [6.45, 7) is 10.0. The van der Waals surface area contributed by atoms with Crippen molar-refractivity contribution in [3.8, 4) is 0 Å². The molecule has 154 valence electrons. The van der Waals surface area contributed by atoms with E-state index in [0.29, 0.717) is 24.5 Å². The average Bonchev–Trinajstić information content (AvgIpc) is 2.91. The van der Waals surface area contributed by atoms with Crippen LogP contribution in [0.4, 0.5) is 0 Å². The van der Waals surface area contributed by atoms with E-state index in [1.807, 2.05) is 26.8 Å². The highest BCUT2D eigenvalue weighted by Gasteiger charge is 2.61. The van der Waals surface area contributed by atoms with E-state index in [9.17, 15) is 14.4 Å². The molecule has 4 rings (SSSR count). The van der Waals surface area contributed by atoms with E-state index in [0.717, 1.165) is 32.1 Å². The van der Waals surface area contributed by atoms with Crippen LogP contribution in [0.2, 0.25) is 0 Å². The second kappa shape index (κ2) is 6.27. The molecule has 0 N–H and O–H groups in total. The van der Waals surface area contributed by atoms with Crippen LogP contribution in [-0.2, 0) is 19.1 Å². The Morgan fingerprint density at radius 3 is 2.36 bits per heavy atom. The second-order valence-corrected chi connectivity index (χ2v) is 11.2. The summed E-state index contributed by atoms with van der Waals surface area (Å²) in [5.74, 6) is 0.931. The minimum Gasteiger partial charge on any atom is -0.462 e. The first-order valence-electron chi connectivity index (χ1n) is 11.0. The highest BCUT2D eigenvalue weighted by atomic mass is 16.5. The third kappa shape index (κ3) is 2.81. The van der Waals surface area contributed by atoms with Crippen LogP contribution in [0.25, 0.3) is 0 Å². The van der Waals surface area contributed by atoms with Gasteiger partial charge in [-0.3, -0.25) is 14.4 Å². The van der Waals surface area contributed by atoms with Crippen LogP contribution in [0.3, 0.4) is 0 Å². The van der Waals surface area contributed by atoms with Crippen LogP contribution in [0.1, 0.15) is 79.6 Å². The zero-order valence-corrected chi connectivity index (χ0v) is 18.0. The molecule has 0 radical (unpaired) electrons. The second-order valence-electron chi connectivity index (χ2n) is 11.2. The van der Waals surface area contributed by atoms with E-state index in [2.05, 4.69) is 13.8 Å². The van der Waals surface area contributed by atoms with Gasteiger partial charge in [0.1, 0.15) is 11.9 Å². The largest absolute Gasteiger partial charge is 0.462 e. The lowest BCUT2D eigenvalue weighted by molar-refractivity contribution is -0.161. The number of allylic oxidation sites excluding steroid dienone is 1. The van der Waals surface area contributed by atoms with E-state index in [4.69, 9.17) is 4.74 Å². The lowest BCUT2D eigenvalue weighted by atomic mass is 9.48. The van der Waals surface area contributed by atoms with Gasteiger partial charge >= 0.3 is 5.97 Å². The number of rotatable bonds is 1. The third-order valence-electron chi connectivity index (χ3n) is 8.50. The number of ketones is 2. The van der Waals surface area contributed by atoms with E-state index in [1.165, 1.54) is 5.57 Å². The first-order chi connectivity index (χ1) is 13.0. The molecule has 4 aliphatic carbocycles. The minimum atomic E-state index is -0.508. The molecule has 0 spiro atoms. The number of carbonyl (C=O) groups excluding carboxylic acids is 3. The van der Waals surface area contributed by atoms with Crippen molar-refractivity contribution in [2.75, 3.05) is 0 Å². The molecule has 28 heavy (non-hydrogen) atoms. The molecule has 4 nitrogen and oxygen atoms in total. The molecule has 4 heteroatoms. The molecule has 0 bridgehead atoms. The predicted octanol–water partition coefficient (Wildman–Crippen LogP) is 4.66. The Morgan fingerprint density at radius 2 is 1.68 bits per heavy atom. The SMILES string of the molecule is CC(C)(C)C(=O)O[C@H]1CC[C@@]2(C)C(=CC(=O)C3C2CC[C@]2(C)C(=O)CCC32)C1. The van der Waals surface area contributed by atoms with E-state index in [-0.39, 0.29) is 40.5 Å². The molecule has 4 aliphatic rings. The van der Waals surface area contributed by atoms with E-state index < -0.39 is 5.41 Å². The summed E-state index contributed by atoms with van der Waals surface area (Å²) in [5, 5.41) is 0.